The van der Waals surface area contributed by atoms with E-state index < -0.39 is 0 Å². The Balaban J connectivity index is 0.00000820. The van der Waals surface area contributed by atoms with Crippen molar-refractivity contribution < 1.29 is 20.1 Å². The average molecular weight is 1330 g/mol. The number of rotatable bonds is 7. The van der Waals surface area contributed by atoms with Crippen LogP contribution in [0, 0.1) is 6.07 Å². The number of nitrogens with zero attached hydrogens (tertiary/aromatic N) is 1. The Bertz CT molecular complexity index is 3990. The molecule has 0 saturated carbocycles. The minimum atomic E-state index is -0.0504. The summed E-state index contributed by atoms with van der Waals surface area (Å²) in [5, 5.41) is 4.52. The fraction of sp³-hybridized carbons (Fsp3) is 0.337. The summed E-state index contributed by atoms with van der Waals surface area (Å²) >= 11 is 1.88. The second kappa shape index (κ2) is 22.4. The van der Waals surface area contributed by atoms with Crippen LogP contribution in [0.25, 0.3) is 99.6 Å². The Labute approximate surface area is 534 Å². The first-order valence-corrected chi connectivity index (χ1v) is 32.0. The Morgan fingerprint density at radius 3 is 1.02 bits per heavy atom. The smallest absolute Gasteiger partial charge is 0.0893 e. The number of pyridine rings is 1. The molecule has 1 aromatic heterocycles. The zero-order valence-electron chi connectivity index (χ0n) is 55.1. The molecule has 10 aromatic rings. The normalized spacial score (nSPS) is 14.0. The summed E-state index contributed by atoms with van der Waals surface area (Å²) < 4.78 is 0. The zero-order chi connectivity index (χ0) is 61.1. The van der Waals surface area contributed by atoms with E-state index in [1.54, 1.807) is 0 Å². The van der Waals surface area contributed by atoms with E-state index in [-0.39, 0.29) is 58.0 Å². The first-order valence-electron chi connectivity index (χ1n) is 31.0. The maximum Gasteiger partial charge on any atom is 0.0893 e. The first-order chi connectivity index (χ1) is 39.6. The summed E-state index contributed by atoms with van der Waals surface area (Å²) in [5.74, 6) is 1.03. The molecular formula is C83H90IrNS-. The molecule has 0 aliphatic carbocycles. The van der Waals surface area contributed by atoms with Crippen LogP contribution in [0.2, 0.25) is 0 Å². The van der Waals surface area contributed by atoms with E-state index >= 15 is 0 Å². The minimum Gasteiger partial charge on any atom is -0.289 e. The molecule has 9 aromatic carbocycles. The van der Waals surface area contributed by atoms with Crippen LogP contribution >= 0.6 is 11.8 Å². The van der Waals surface area contributed by atoms with Gasteiger partial charge in [-0.15, -0.1) is 35.3 Å². The van der Waals surface area contributed by atoms with Gasteiger partial charge in [0.05, 0.1) is 5.03 Å². The second-order valence-corrected chi connectivity index (χ2v) is 32.6. The fourth-order valence-corrected chi connectivity index (χ4v) is 13.4. The number of benzene rings is 9. The van der Waals surface area contributed by atoms with Gasteiger partial charge < -0.3 is 0 Å². The molecule has 1 nitrogen and oxygen atoms in total. The largest absolute Gasteiger partial charge is 0.289 e. The number of hydrogen-bond donors (Lipinski definition) is 0. The average Bonchev–Trinajstić information content (AvgIpc) is 1.35. The summed E-state index contributed by atoms with van der Waals surface area (Å²) in [5.41, 5.74) is 27.0. The topological polar surface area (TPSA) is 12.9 Å². The summed E-state index contributed by atoms with van der Waals surface area (Å²) in [4.78, 5) is 5.45. The molecule has 0 atom stereocenters. The van der Waals surface area contributed by atoms with Crippen molar-refractivity contribution in [2.24, 2.45) is 0 Å². The summed E-state index contributed by atoms with van der Waals surface area (Å²) in [6, 6.07) is 70.4. The van der Waals surface area contributed by atoms with Gasteiger partial charge in [-0.1, -0.05) is 253 Å². The second-order valence-electron chi connectivity index (χ2n) is 31.6. The van der Waals surface area contributed by atoms with Crippen LogP contribution in [0.15, 0.2) is 175 Å². The van der Waals surface area contributed by atoms with E-state index in [1.165, 1.54) is 100.0 Å². The molecule has 443 valence electrons. The van der Waals surface area contributed by atoms with Crippen molar-refractivity contribution in [2.45, 2.75) is 181 Å². The molecule has 1 aliphatic rings. The first kappa shape index (κ1) is 62.7. The van der Waals surface area contributed by atoms with Gasteiger partial charge in [-0.3, -0.25) is 4.98 Å². The van der Waals surface area contributed by atoms with Crippen LogP contribution < -0.4 is 0 Å². The SMILES string of the molecule is CC(C)(C)c1ccc(-c2cc(-c3ccc(C(C)(C)C)cc3)cc(-c3cc(-c4cc(-c5cc(C(C)(C)C)cc(C(C)(C)C)c5)cc(-c5cc(C(C)(C)C)cc(C(C)(C)C)c5)c4)cc(-c4cc[c-]c5c4ccc4cc6c(nc45)SCC6(C)C)c3)c2)cc1.[Ir]. The van der Waals surface area contributed by atoms with Gasteiger partial charge in [0.25, 0.3) is 0 Å². The Kier molecular flexibility index (Phi) is 16.3. The summed E-state index contributed by atoms with van der Waals surface area (Å²) in [7, 11) is 0. The van der Waals surface area contributed by atoms with Crippen LogP contribution in [0.3, 0.4) is 0 Å². The molecule has 0 N–H and O–H groups in total. The summed E-state index contributed by atoms with van der Waals surface area (Å²) in [6.07, 6.45) is 0. The maximum absolute atomic E-state index is 5.45. The van der Waals surface area contributed by atoms with Crippen molar-refractivity contribution in [3.8, 4) is 77.9 Å². The van der Waals surface area contributed by atoms with E-state index in [2.05, 4.69) is 314 Å². The van der Waals surface area contributed by atoms with E-state index in [9.17, 15) is 0 Å². The molecule has 0 saturated heterocycles. The Hall–Kier alpha value is -6.35. The molecule has 3 heteroatoms. The van der Waals surface area contributed by atoms with E-state index in [1.807, 2.05) is 11.8 Å². The number of fused-ring (bicyclic) bond motifs is 4. The molecule has 0 spiro atoms. The van der Waals surface area contributed by atoms with Crippen molar-refractivity contribution in [3.05, 3.63) is 215 Å². The van der Waals surface area contributed by atoms with Crippen LogP contribution in [0.1, 0.15) is 177 Å². The van der Waals surface area contributed by atoms with Gasteiger partial charge in [0.15, 0.2) is 0 Å². The van der Waals surface area contributed by atoms with Crippen LogP contribution in [0.5, 0.6) is 0 Å². The van der Waals surface area contributed by atoms with Gasteiger partial charge in [-0.05, 0) is 209 Å². The molecule has 2 heterocycles. The molecule has 0 bridgehead atoms. The predicted molar refractivity (Wildman–Crippen MR) is 372 cm³/mol. The number of aromatic nitrogens is 1. The third-order valence-corrected chi connectivity index (χ3v) is 19.4. The maximum atomic E-state index is 5.45. The monoisotopic (exact) mass is 1330 g/mol. The standard InChI is InChI=1S/C83H90NS.Ir/c1-77(2,3)65-29-24-51(25-30-65)54-34-55(52-26-31-66(32-27-52)78(4,5)6)36-56(35-54)60-40-61(42-64(41-60)71-22-21-23-73-72(71)33-28-53-47-74-76(84-75(53)73)85-50-83(74,19)20)57-37-58(62-43-67(79(7,8)9)48-68(44-62)80(10,11)12)39-59(38-57)63-45-69(81(13,14)15)49-70(46-63)82(16,17)18;/h21-22,24-49H,50H2,1-20H3;/q-1;. The van der Waals surface area contributed by atoms with Gasteiger partial charge in [0, 0.05) is 31.3 Å². The molecule has 11 rings (SSSR count). The van der Waals surface area contributed by atoms with E-state index in [0.29, 0.717) is 0 Å². The van der Waals surface area contributed by atoms with Crippen LogP contribution in [0.4, 0.5) is 0 Å². The van der Waals surface area contributed by atoms with Gasteiger partial charge in [0.1, 0.15) is 0 Å². The molecule has 0 amide bonds. The number of thioether (sulfide) groups is 1. The molecule has 0 unspecified atom stereocenters. The predicted octanol–water partition coefficient (Wildman–Crippen LogP) is 24.0. The van der Waals surface area contributed by atoms with Crippen LogP contribution in [-0.2, 0) is 58.0 Å². The van der Waals surface area contributed by atoms with Crippen LogP contribution in [-0.4, -0.2) is 10.7 Å². The van der Waals surface area contributed by atoms with Gasteiger partial charge in [0.2, 0.25) is 0 Å². The minimum absolute atomic E-state index is 0. The van der Waals surface area contributed by atoms with Crippen molar-refractivity contribution in [1.29, 1.82) is 0 Å². The third kappa shape index (κ3) is 12.8. The van der Waals surface area contributed by atoms with Crippen molar-refractivity contribution in [3.63, 3.8) is 0 Å². The van der Waals surface area contributed by atoms with Crippen molar-refractivity contribution in [1.82, 2.24) is 4.98 Å². The van der Waals surface area contributed by atoms with Gasteiger partial charge in [-0.2, -0.15) is 0 Å². The van der Waals surface area contributed by atoms with E-state index in [0.717, 1.165) is 49.3 Å². The van der Waals surface area contributed by atoms with Gasteiger partial charge >= 0.3 is 0 Å². The molecule has 86 heavy (non-hydrogen) atoms. The summed E-state index contributed by atoms with van der Waals surface area (Å²) in [6.45, 7) is 46.6. The van der Waals surface area contributed by atoms with Gasteiger partial charge in [-0.25, -0.2) is 0 Å². The third-order valence-electron chi connectivity index (χ3n) is 18.0. The van der Waals surface area contributed by atoms with E-state index in [4.69, 9.17) is 4.98 Å². The van der Waals surface area contributed by atoms with Crippen molar-refractivity contribution in [2.75, 3.05) is 5.75 Å². The fourth-order valence-electron chi connectivity index (χ4n) is 12.1. The molecule has 1 radical (unpaired) electrons. The zero-order valence-corrected chi connectivity index (χ0v) is 58.3. The molecule has 0 fully saturated rings. The Morgan fingerprint density at radius 1 is 0.349 bits per heavy atom. The Morgan fingerprint density at radius 2 is 0.674 bits per heavy atom. The quantitative estimate of drug-likeness (QED) is 0.117. The number of hydrogen-bond acceptors (Lipinski definition) is 2. The molecular weight excluding hydrogens is 1240 g/mol. The van der Waals surface area contributed by atoms with Crippen molar-refractivity contribution >= 4 is 33.4 Å². The molecule has 1 aliphatic heterocycles.